The van der Waals surface area contributed by atoms with Gasteiger partial charge in [-0.05, 0) is 25.0 Å². The zero-order chi connectivity index (χ0) is 18.1. The van der Waals surface area contributed by atoms with Crippen LogP contribution in [0.3, 0.4) is 0 Å². The minimum Gasteiger partial charge on any atom is -0.480 e. The number of nitrogens with zero attached hydrogens (tertiary/aromatic N) is 3. The maximum absolute atomic E-state index is 12.7. The van der Waals surface area contributed by atoms with Crippen molar-refractivity contribution in [1.29, 1.82) is 0 Å². The van der Waals surface area contributed by atoms with Crippen LogP contribution < -0.4 is 10.2 Å². The number of hydrogen-bond donors (Lipinski definition) is 2. The highest BCUT2D eigenvalue weighted by Gasteiger charge is 2.33. The highest BCUT2D eigenvalue weighted by molar-refractivity contribution is 5.80. The lowest BCUT2D eigenvalue weighted by Crippen LogP contribution is -2.54. The van der Waals surface area contributed by atoms with Crippen LogP contribution in [0.1, 0.15) is 12.8 Å². The second-order valence-corrected chi connectivity index (χ2v) is 6.85. The number of nitrogens with one attached hydrogen (secondary N) is 1. The van der Waals surface area contributed by atoms with Crippen molar-refractivity contribution in [1.82, 2.24) is 15.2 Å². The smallest absolute Gasteiger partial charge is 0.320 e. The van der Waals surface area contributed by atoms with E-state index in [9.17, 15) is 9.59 Å². The largest absolute Gasteiger partial charge is 0.480 e. The van der Waals surface area contributed by atoms with E-state index in [1.165, 1.54) is 0 Å². The van der Waals surface area contributed by atoms with Crippen molar-refractivity contribution in [2.45, 2.75) is 18.9 Å². The van der Waals surface area contributed by atoms with Crippen molar-refractivity contribution < 1.29 is 19.1 Å². The number of hydrogen-bond acceptors (Lipinski definition) is 6. The minimum atomic E-state index is -0.845. The van der Waals surface area contributed by atoms with Gasteiger partial charge in [-0.2, -0.15) is 4.98 Å². The average molecular weight is 358 g/mol. The molecule has 0 saturated carbocycles. The highest BCUT2D eigenvalue weighted by Crippen LogP contribution is 2.23. The maximum atomic E-state index is 12.7. The van der Waals surface area contributed by atoms with Crippen LogP contribution in [-0.2, 0) is 9.59 Å². The maximum Gasteiger partial charge on any atom is 0.320 e. The van der Waals surface area contributed by atoms with E-state index in [0.29, 0.717) is 51.6 Å². The molecule has 1 amide bonds. The van der Waals surface area contributed by atoms with Crippen molar-refractivity contribution >= 4 is 29.0 Å². The van der Waals surface area contributed by atoms with Crippen LogP contribution in [0.15, 0.2) is 28.7 Å². The number of rotatable bonds is 3. The van der Waals surface area contributed by atoms with Gasteiger partial charge in [-0.15, -0.1) is 0 Å². The first-order chi connectivity index (χ1) is 12.6. The molecule has 3 heterocycles. The third-order valence-electron chi connectivity index (χ3n) is 5.21. The van der Waals surface area contributed by atoms with Crippen LogP contribution in [-0.4, -0.2) is 65.6 Å². The summed E-state index contributed by atoms with van der Waals surface area (Å²) in [6.07, 6.45) is 1.11. The van der Waals surface area contributed by atoms with Crippen LogP contribution in [0.4, 0.5) is 6.01 Å². The number of anilines is 1. The number of benzene rings is 1. The third-order valence-corrected chi connectivity index (χ3v) is 5.21. The Balaban J connectivity index is 1.33. The molecule has 2 atom stereocenters. The number of oxazole rings is 1. The number of amides is 1. The summed E-state index contributed by atoms with van der Waals surface area (Å²) in [5.74, 6) is -0.872. The molecule has 138 valence electrons. The van der Waals surface area contributed by atoms with E-state index >= 15 is 0 Å². The molecule has 0 aliphatic carbocycles. The fourth-order valence-electron chi connectivity index (χ4n) is 3.65. The number of para-hydroxylation sites is 2. The zero-order valence-corrected chi connectivity index (χ0v) is 14.4. The first-order valence-corrected chi connectivity index (χ1v) is 8.97. The summed E-state index contributed by atoms with van der Waals surface area (Å²) >= 11 is 0. The van der Waals surface area contributed by atoms with Crippen molar-refractivity contribution in [2.75, 3.05) is 37.6 Å². The molecule has 0 bridgehead atoms. The molecule has 1 aromatic carbocycles. The number of fused-ring (bicyclic) bond motifs is 1. The van der Waals surface area contributed by atoms with Gasteiger partial charge in [-0.1, -0.05) is 12.1 Å². The second-order valence-electron chi connectivity index (χ2n) is 6.85. The molecule has 8 nitrogen and oxygen atoms in total. The van der Waals surface area contributed by atoms with Gasteiger partial charge >= 0.3 is 5.97 Å². The molecular weight excluding hydrogens is 336 g/mol. The molecule has 1 aromatic heterocycles. The summed E-state index contributed by atoms with van der Waals surface area (Å²) in [4.78, 5) is 32.1. The topological polar surface area (TPSA) is 98.9 Å². The number of piperidine rings is 1. The monoisotopic (exact) mass is 358 g/mol. The van der Waals surface area contributed by atoms with Crippen LogP contribution in [0.25, 0.3) is 11.1 Å². The van der Waals surface area contributed by atoms with Crippen LogP contribution in [0.2, 0.25) is 0 Å². The molecule has 8 heteroatoms. The molecule has 2 aromatic rings. The molecule has 0 spiro atoms. The molecule has 0 radical (unpaired) electrons. The van der Waals surface area contributed by atoms with Gasteiger partial charge in [0, 0.05) is 32.7 Å². The molecule has 2 aliphatic rings. The summed E-state index contributed by atoms with van der Waals surface area (Å²) in [5, 5.41) is 12.0. The highest BCUT2D eigenvalue weighted by atomic mass is 16.4. The molecule has 26 heavy (non-hydrogen) atoms. The number of aliphatic carboxylic acids is 1. The standard InChI is InChI=1S/C18H22N4O4/c23-16(12-5-6-14(17(24)25)19-11-12)21-7-9-22(10-8-21)18-20-13-3-1-2-4-15(13)26-18/h1-4,12,14,19H,5-11H2,(H,24,25). The fourth-order valence-corrected chi connectivity index (χ4v) is 3.65. The predicted molar refractivity (Wildman–Crippen MR) is 95.0 cm³/mol. The number of carbonyl (C=O) groups excluding carboxylic acids is 1. The number of carbonyl (C=O) groups is 2. The van der Waals surface area contributed by atoms with Crippen molar-refractivity contribution in [3.63, 3.8) is 0 Å². The van der Waals surface area contributed by atoms with Crippen molar-refractivity contribution in [3.05, 3.63) is 24.3 Å². The SMILES string of the molecule is O=C(O)C1CCC(C(=O)N2CCN(c3nc4ccccc4o3)CC2)CN1. The Kier molecular flexibility index (Phi) is 4.50. The second kappa shape index (κ2) is 6.95. The molecule has 2 N–H and O–H groups in total. The number of carboxylic acid groups (broad SMARTS) is 1. The number of aromatic nitrogens is 1. The van der Waals surface area contributed by atoms with E-state index in [-0.39, 0.29) is 11.8 Å². The molecular formula is C18H22N4O4. The summed E-state index contributed by atoms with van der Waals surface area (Å²) < 4.78 is 5.80. The summed E-state index contributed by atoms with van der Waals surface area (Å²) in [6, 6.07) is 7.73. The normalized spacial score (nSPS) is 24.0. The van der Waals surface area contributed by atoms with E-state index in [4.69, 9.17) is 9.52 Å². The summed E-state index contributed by atoms with van der Waals surface area (Å²) in [5.41, 5.74) is 1.60. The van der Waals surface area contributed by atoms with Crippen LogP contribution in [0.5, 0.6) is 0 Å². The minimum absolute atomic E-state index is 0.110. The van der Waals surface area contributed by atoms with Crippen molar-refractivity contribution in [3.8, 4) is 0 Å². The lowest BCUT2D eigenvalue weighted by atomic mass is 9.93. The van der Waals surface area contributed by atoms with E-state index < -0.39 is 12.0 Å². The predicted octanol–water partition coefficient (Wildman–Crippen LogP) is 0.929. The van der Waals surface area contributed by atoms with Gasteiger partial charge in [0.1, 0.15) is 11.6 Å². The Morgan fingerprint density at radius 1 is 1.15 bits per heavy atom. The Labute approximate surface area is 150 Å². The van der Waals surface area contributed by atoms with Crippen molar-refractivity contribution in [2.24, 2.45) is 5.92 Å². The number of carboxylic acids is 1. The Morgan fingerprint density at radius 2 is 1.92 bits per heavy atom. The molecule has 2 saturated heterocycles. The lowest BCUT2D eigenvalue weighted by Gasteiger charge is -2.37. The Hall–Kier alpha value is -2.61. The Bertz CT molecular complexity index is 771. The van der Waals surface area contributed by atoms with Crippen LogP contribution >= 0.6 is 0 Å². The van der Waals surface area contributed by atoms with Gasteiger partial charge in [0.25, 0.3) is 6.01 Å². The Morgan fingerprint density at radius 3 is 2.58 bits per heavy atom. The molecule has 2 fully saturated rings. The fraction of sp³-hybridized carbons (Fsp3) is 0.500. The van der Waals surface area contributed by atoms with Gasteiger partial charge in [0.05, 0.1) is 5.92 Å². The zero-order valence-electron chi connectivity index (χ0n) is 14.4. The van der Waals surface area contributed by atoms with Gasteiger partial charge in [-0.3, -0.25) is 9.59 Å². The van der Waals surface area contributed by atoms with Gasteiger partial charge in [-0.25, -0.2) is 0 Å². The third kappa shape index (κ3) is 3.24. The molecule has 2 unspecified atom stereocenters. The lowest BCUT2D eigenvalue weighted by molar-refractivity contribution is -0.143. The first kappa shape index (κ1) is 16.8. The van der Waals surface area contributed by atoms with Gasteiger partial charge in [0.15, 0.2) is 5.58 Å². The van der Waals surface area contributed by atoms with E-state index in [1.807, 2.05) is 29.2 Å². The van der Waals surface area contributed by atoms with Gasteiger partial charge in [0.2, 0.25) is 5.91 Å². The quantitative estimate of drug-likeness (QED) is 0.842. The van der Waals surface area contributed by atoms with E-state index in [0.717, 1.165) is 11.1 Å². The number of piperazine rings is 1. The van der Waals surface area contributed by atoms with Crippen LogP contribution in [0, 0.1) is 5.92 Å². The molecule has 2 aliphatic heterocycles. The van der Waals surface area contributed by atoms with E-state index in [1.54, 1.807) is 0 Å². The summed E-state index contributed by atoms with van der Waals surface area (Å²) in [6.45, 7) is 3.03. The van der Waals surface area contributed by atoms with Gasteiger partial charge < -0.3 is 24.6 Å². The van der Waals surface area contributed by atoms with E-state index in [2.05, 4.69) is 15.2 Å². The molecule has 4 rings (SSSR count). The average Bonchev–Trinajstić information content (AvgIpc) is 3.12. The first-order valence-electron chi connectivity index (χ1n) is 8.97. The summed E-state index contributed by atoms with van der Waals surface area (Å²) in [7, 11) is 0.